The van der Waals surface area contributed by atoms with Crippen molar-refractivity contribution in [3.8, 4) is 0 Å². The Morgan fingerprint density at radius 1 is 1.18 bits per heavy atom. The van der Waals surface area contributed by atoms with Crippen LogP contribution < -0.4 is 10.5 Å². The van der Waals surface area contributed by atoms with Crippen LogP contribution in [0, 0.1) is 0 Å². The molecule has 112 valence electrons. The summed E-state index contributed by atoms with van der Waals surface area (Å²) in [6.07, 6.45) is 1.64. The maximum absolute atomic E-state index is 12.2. The standard InChI is InChI=1S/C14H12N4O3S/c15-22(20,21)10-5-3-9(4-6-10)17-14(19)13-8-12-11(18-13)2-1-7-16-12/h1-8,18H,(H,17,19)(H2,15,20,21). The van der Waals surface area contributed by atoms with Crippen LogP contribution in [0.15, 0.2) is 53.6 Å². The fourth-order valence-corrected chi connectivity index (χ4v) is 2.52. The summed E-state index contributed by atoms with van der Waals surface area (Å²) < 4.78 is 22.3. The fourth-order valence-electron chi connectivity index (χ4n) is 2.00. The number of pyridine rings is 1. The zero-order chi connectivity index (χ0) is 15.7. The molecule has 0 radical (unpaired) electrons. The normalized spacial score (nSPS) is 11.5. The van der Waals surface area contributed by atoms with Crippen molar-refractivity contribution in [2.45, 2.75) is 4.90 Å². The van der Waals surface area contributed by atoms with E-state index in [0.29, 0.717) is 16.9 Å². The Labute approximate surface area is 126 Å². The van der Waals surface area contributed by atoms with Crippen molar-refractivity contribution in [1.29, 1.82) is 0 Å². The molecule has 0 spiro atoms. The van der Waals surface area contributed by atoms with Gasteiger partial charge in [0.2, 0.25) is 10.0 Å². The highest BCUT2D eigenvalue weighted by Gasteiger charge is 2.11. The molecule has 4 N–H and O–H groups in total. The Bertz CT molecular complexity index is 913. The van der Waals surface area contributed by atoms with E-state index in [1.165, 1.54) is 24.3 Å². The molecule has 8 heteroatoms. The average molecular weight is 316 g/mol. The number of fused-ring (bicyclic) bond motifs is 1. The summed E-state index contributed by atoms with van der Waals surface area (Å²) in [5, 5.41) is 7.68. The number of hydrogen-bond donors (Lipinski definition) is 3. The predicted octanol–water partition coefficient (Wildman–Crippen LogP) is 1.46. The molecule has 0 aliphatic heterocycles. The van der Waals surface area contributed by atoms with Gasteiger partial charge in [0.25, 0.3) is 5.91 Å². The number of rotatable bonds is 3. The molecule has 0 bridgehead atoms. The number of aromatic amines is 1. The molecule has 0 saturated carbocycles. The average Bonchev–Trinajstić information content (AvgIpc) is 2.91. The number of sulfonamides is 1. The summed E-state index contributed by atoms with van der Waals surface area (Å²) in [5.74, 6) is -0.346. The second kappa shape index (κ2) is 5.24. The third kappa shape index (κ3) is 2.83. The van der Waals surface area contributed by atoms with Gasteiger partial charge in [0.1, 0.15) is 5.69 Å². The summed E-state index contributed by atoms with van der Waals surface area (Å²) in [7, 11) is -3.74. The first-order valence-corrected chi connectivity index (χ1v) is 7.86. The smallest absolute Gasteiger partial charge is 0.272 e. The summed E-state index contributed by atoms with van der Waals surface area (Å²) in [4.78, 5) is 19.2. The molecule has 1 amide bonds. The van der Waals surface area contributed by atoms with Gasteiger partial charge >= 0.3 is 0 Å². The molecule has 2 aromatic heterocycles. The molecule has 7 nitrogen and oxygen atoms in total. The van der Waals surface area contributed by atoms with Crippen LogP contribution in [-0.4, -0.2) is 24.3 Å². The lowest BCUT2D eigenvalue weighted by molar-refractivity contribution is 0.102. The molecule has 1 aromatic carbocycles. The number of carbonyl (C=O) groups excluding carboxylic acids is 1. The number of primary sulfonamides is 1. The number of nitrogens with two attached hydrogens (primary N) is 1. The second-order valence-electron chi connectivity index (χ2n) is 4.64. The first-order chi connectivity index (χ1) is 10.4. The van der Waals surface area contributed by atoms with Crippen molar-refractivity contribution in [3.63, 3.8) is 0 Å². The molecule has 22 heavy (non-hydrogen) atoms. The van der Waals surface area contributed by atoms with Crippen molar-refractivity contribution >= 4 is 32.7 Å². The maximum atomic E-state index is 12.2. The Morgan fingerprint density at radius 2 is 1.91 bits per heavy atom. The molecule has 3 aromatic rings. The lowest BCUT2D eigenvalue weighted by Crippen LogP contribution is -2.14. The third-order valence-electron chi connectivity index (χ3n) is 3.07. The van der Waals surface area contributed by atoms with Gasteiger partial charge in [-0.05, 0) is 42.5 Å². The van der Waals surface area contributed by atoms with Crippen molar-refractivity contribution in [1.82, 2.24) is 9.97 Å². The molecule has 0 unspecified atom stereocenters. The Hall–Kier alpha value is -2.71. The number of aromatic nitrogens is 2. The van der Waals surface area contributed by atoms with E-state index in [2.05, 4.69) is 15.3 Å². The number of nitrogens with zero attached hydrogens (tertiary/aromatic N) is 1. The third-order valence-corrected chi connectivity index (χ3v) is 4.00. The van der Waals surface area contributed by atoms with Crippen LogP contribution in [0.3, 0.4) is 0 Å². The van der Waals surface area contributed by atoms with E-state index in [9.17, 15) is 13.2 Å². The SMILES string of the molecule is NS(=O)(=O)c1ccc(NC(=O)c2cc3ncccc3[nH]2)cc1. The van der Waals surface area contributed by atoms with Crippen molar-refractivity contribution in [2.24, 2.45) is 5.14 Å². The van der Waals surface area contributed by atoms with Crippen molar-refractivity contribution in [3.05, 3.63) is 54.4 Å². The van der Waals surface area contributed by atoms with E-state index < -0.39 is 10.0 Å². The number of nitrogens with one attached hydrogen (secondary N) is 2. The van der Waals surface area contributed by atoms with Crippen LogP contribution in [0.25, 0.3) is 11.0 Å². The van der Waals surface area contributed by atoms with Crippen LogP contribution in [0.2, 0.25) is 0 Å². The molecule has 0 aliphatic rings. The van der Waals surface area contributed by atoms with E-state index in [-0.39, 0.29) is 10.8 Å². The van der Waals surface area contributed by atoms with E-state index in [4.69, 9.17) is 5.14 Å². The summed E-state index contributed by atoms with van der Waals surface area (Å²) in [5.41, 5.74) is 2.28. The van der Waals surface area contributed by atoms with Gasteiger partial charge < -0.3 is 10.3 Å². The number of amides is 1. The Kier molecular flexibility index (Phi) is 3.39. The van der Waals surface area contributed by atoms with Gasteiger partial charge in [-0.25, -0.2) is 13.6 Å². The van der Waals surface area contributed by atoms with Crippen molar-refractivity contribution < 1.29 is 13.2 Å². The minimum atomic E-state index is -3.74. The minimum absolute atomic E-state index is 0.0136. The van der Waals surface area contributed by atoms with Crippen molar-refractivity contribution in [2.75, 3.05) is 5.32 Å². The number of carbonyl (C=O) groups is 1. The molecule has 3 rings (SSSR count). The number of benzene rings is 1. The Morgan fingerprint density at radius 3 is 2.55 bits per heavy atom. The molecular weight excluding hydrogens is 304 g/mol. The molecule has 0 saturated heterocycles. The van der Waals surface area contributed by atoms with E-state index >= 15 is 0 Å². The van der Waals surface area contributed by atoms with Crippen LogP contribution in [0.1, 0.15) is 10.5 Å². The van der Waals surface area contributed by atoms with Crippen LogP contribution in [-0.2, 0) is 10.0 Å². The largest absolute Gasteiger partial charge is 0.349 e. The minimum Gasteiger partial charge on any atom is -0.349 e. The lowest BCUT2D eigenvalue weighted by atomic mass is 10.3. The maximum Gasteiger partial charge on any atom is 0.272 e. The summed E-state index contributed by atoms with van der Waals surface area (Å²) in [6, 6.07) is 10.8. The molecule has 0 aliphatic carbocycles. The van der Waals surface area contributed by atoms with Gasteiger partial charge in [-0.15, -0.1) is 0 Å². The monoisotopic (exact) mass is 316 g/mol. The quantitative estimate of drug-likeness (QED) is 0.678. The molecule has 0 fully saturated rings. The van der Waals surface area contributed by atoms with Crippen LogP contribution in [0.5, 0.6) is 0 Å². The zero-order valence-corrected chi connectivity index (χ0v) is 12.1. The lowest BCUT2D eigenvalue weighted by Gasteiger charge is -2.04. The van der Waals surface area contributed by atoms with Crippen LogP contribution >= 0.6 is 0 Å². The number of anilines is 1. The second-order valence-corrected chi connectivity index (χ2v) is 6.20. The first kappa shape index (κ1) is 14.2. The summed E-state index contributed by atoms with van der Waals surface area (Å²) >= 11 is 0. The number of H-pyrrole nitrogens is 1. The first-order valence-electron chi connectivity index (χ1n) is 6.31. The Balaban J connectivity index is 1.82. The highest BCUT2D eigenvalue weighted by atomic mass is 32.2. The van der Waals surface area contributed by atoms with Gasteiger partial charge in [0, 0.05) is 11.9 Å². The van der Waals surface area contributed by atoms with Crippen LogP contribution in [0.4, 0.5) is 5.69 Å². The highest BCUT2D eigenvalue weighted by Crippen LogP contribution is 2.16. The topological polar surface area (TPSA) is 118 Å². The van der Waals surface area contributed by atoms with E-state index in [1.54, 1.807) is 18.3 Å². The van der Waals surface area contributed by atoms with E-state index in [0.717, 1.165) is 5.52 Å². The zero-order valence-electron chi connectivity index (χ0n) is 11.3. The summed E-state index contributed by atoms with van der Waals surface area (Å²) in [6.45, 7) is 0. The van der Waals surface area contributed by atoms with Gasteiger partial charge in [0.05, 0.1) is 15.9 Å². The molecule has 2 heterocycles. The van der Waals surface area contributed by atoms with E-state index in [1.807, 2.05) is 6.07 Å². The molecule has 0 atom stereocenters. The van der Waals surface area contributed by atoms with Gasteiger partial charge in [-0.3, -0.25) is 9.78 Å². The fraction of sp³-hybridized carbons (Fsp3) is 0. The predicted molar refractivity (Wildman–Crippen MR) is 81.9 cm³/mol. The van der Waals surface area contributed by atoms with Gasteiger partial charge in [-0.2, -0.15) is 0 Å². The van der Waals surface area contributed by atoms with Gasteiger partial charge in [0.15, 0.2) is 0 Å². The van der Waals surface area contributed by atoms with Gasteiger partial charge in [-0.1, -0.05) is 0 Å². The number of hydrogen-bond acceptors (Lipinski definition) is 4. The molecular formula is C14H12N4O3S. The highest BCUT2D eigenvalue weighted by molar-refractivity contribution is 7.89.